The zero-order chi connectivity index (χ0) is 13.9. The smallest absolute Gasteiger partial charge is 0.227 e. The van der Waals surface area contributed by atoms with Crippen LogP contribution >= 0.6 is 0 Å². The summed E-state index contributed by atoms with van der Waals surface area (Å²) >= 11 is 0. The van der Waals surface area contributed by atoms with Crippen molar-refractivity contribution in [2.45, 2.75) is 25.7 Å². The molecule has 3 rings (SSSR count). The normalized spacial score (nSPS) is 22.9. The van der Waals surface area contributed by atoms with E-state index in [1.54, 1.807) is 6.20 Å². The first kappa shape index (κ1) is 13.1. The van der Waals surface area contributed by atoms with E-state index >= 15 is 0 Å². The number of carbonyl (C=O) groups excluding carboxylic acids is 1. The number of carbonyl (C=O) groups is 1. The summed E-state index contributed by atoms with van der Waals surface area (Å²) in [7, 11) is 0. The fourth-order valence-corrected chi connectivity index (χ4v) is 3.09. The summed E-state index contributed by atoms with van der Waals surface area (Å²) in [5, 5.41) is 10.9. The van der Waals surface area contributed by atoms with Crippen molar-refractivity contribution in [2.75, 3.05) is 11.9 Å². The number of hydrogen-bond acceptors (Lipinski definition) is 3. The van der Waals surface area contributed by atoms with Gasteiger partial charge in [0.2, 0.25) is 5.91 Å². The van der Waals surface area contributed by atoms with E-state index in [-0.39, 0.29) is 11.8 Å². The average Bonchev–Trinajstić information content (AvgIpc) is 2.94. The third-order valence-corrected chi connectivity index (χ3v) is 4.26. The molecule has 1 saturated carbocycles. The van der Waals surface area contributed by atoms with E-state index in [0.29, 0.717) is 12.5 Å². The van der Waals surface area contributed by atoms with Gasteiger partial charge in [0.25, 0.3) is 0 Å². The van der Waals surface area contributed by atoms with E-state index in [9.17, 15) is 4.79 Å². The third-order valence-electron chi connectivity index (χ3n) is 4.26. The largest absolute Gasteiger partial charge is 0.330 e. The zero-order valence-corrected chi connectivity index (χ0v) is 11.4. The molecule has 1 aliphatic carbocycles. The lowest BCUT2D eigenvalue weighted by Crippen LogP contribution is -2.35. The number of benzene rings is 1. The fraction of sp³-hybridized carbons (Fsp3) is 0.467. The highest BCUT2D eigenvalue weighted by atomic mass is 16.1. The number of anilines is 1. The van der Waals surface area contributed by atoms with Crippen LogP contribution in [-0.4, -0.2) is 22.6 Å². The van der Waals surface area contributed by atoms with Gasteiger partial charge >= 0.3 is 0 Å². The van der Waals surface area contributed by atoms with Gasteiger partial charge in [-0.2, -0.15) is 5.10 Å². The van der Waals surface area contributed by atoms with Crippen molar-refractivity contribution < 1.29 is 4.79 Å². The van der Waals surface area contributed by atoms with E-state index in [1.165, 1.54) is 6.42 Å². The summed E-state index contributed by atoms with van der Waals surface area (Å²) in [6, 6.07) is 5.77. The second-order valence-electron chi connectivity index (χ2n) is 5.55. The Hall–Kier alpha value is -1.88. The maximum Gasteiger partial charge on any atom is 0.227 e. The summed E-state index contributed by atoms with van der Waals surface area (Å²) in [5.74, 6) is 0.471. The zero-order valence-electron chi connectivity index (χ0n) is 11.4. The number of amides is 1. The summed E-state index contributed by atoms with van der Waals surface area (Å²) in [4.78, 5) is 12.4. The molecule has 1 aromatic carbocycles. The number of nitrogens with zero attached hydrogens (tertiary/aromatic N) is 1. The Morgan fingerprint density at radius 1 is 1.40 bits per heavy atom. The van der Waals surface area contributed by atoms with Crippen LogP contribution in [0.5, 0.6) is 0 Å². The van der Waals surface area contributed by atoms with Crippen LogP contribution in [0.2, 0.25) is 0 Å². The molecular weight excluding hydrogens is 252 g/mol. The van der Waals surface area contributed by atoms with Crippen LogP contribution in [0.1, 0.15) is 25.7 Å². The van der Waals surface area contributed by atoms with Gasteiger partial charge in [-0.15, -0.1) is 0 Å². The Balaban J connectivity index is 1.73. The van der Waals surface area contributed by atoms with E-state index in [1.807, 2.05) is 18.2 Å². The topological polar surface area (TPSA) is 83.8 Å². The van der Waals surface area contributed by atoms with Crippen LogP contribution in [0.25, 0.3) is 10.9 Å². The first-order chi connectivity index (χ1) is 9.78. The molecule has 106 valence electrons. The summed E-state index contributed by atoms with van der Waals surface area (Å²) < 4.78 is 0. The molecule has 0 bridgehead atoms. The molecule has 5 heteroatoms. The van der Waals surface area contributed by atoms with E-state index in [0.717, 1.165) is 35.9 Å². The quantitative estimate of drug-likeness (QED) is 0.801. The number of aromatic amines is 1. The van der Waals surface area contributed by atoms with Crippen molar-refractivity contribution in [3.05, 3.63) is 24.4 Å². The van der Waals surface area contributed by atoms with Gasteiger partial charge in [-0.3, -0.25) is 9.89 Å². The lowest BCUT2D eigenvalue weighted by molar-refractivity contribution is -0.122. The Morgan fingerprint density at radius 2 is 2.25 bits per heavy atom. The summed E-state index contributed by atoms with van der Waals surface area (Å²) in [6.45, 7) is 0.596. The number of nitrogens with two attached hydrogens (primary N) is 1. The number of hydrogen-bond donors (Lipinski definition) is 3. The fourth-order valence-electron chi connectivity index (χ4n) is 3.09. The molecule has 4 N–H and O–H groups in total. The second kappa shape index (κ2) is 5.63. The molecule has 1 heterocycles. The lowest BCUT2D eigenvalue weighted by Gasteiger charge is -2.29. The van der Waals surface area contributed by atoms with Gasteiger partial charge < -0.3 is 11.1 Å². The standard InChI is InChI=1S/C15H20N4O/c16-8-10-3-1-2-4-13(10)15(20)18-12-5-6-14-11(7-12)9-17-19-14/h5-7,9-10,13H,1-4,8,16H2,(H,17,19)(H,18,20). The molecule has 1 amide bonds. The van der Waals surface area contributed by atoms with Gasteiger partial charge in [-0.1, -0.05) is 12.8 Å². The van der Waals surface area contributed by atoms with Crippen molar-refractivity contribution in [2.24, 2.45) is 17.6 Å². The molecule has 1 aromatic heterocycles. The molecule has 0 radical (unpaired) electrons. The van der Waals surface area contributed by atoms with Crippen LogP contribution in [0.3, 0.4) is 0 Å². The van der Waals surface area contributed by atoms with E-state index in [4.69, 9.17) is 5.73 Å². The van der Waals surface area contributed by atoms with Crippen LogP contribution in [-0.2, 0) is 4.79 Å². The van der Waals surface area contributed by atoms with E-state index in [2.05, 4.69) is 15.5 Å². The van der Waals surface area contributed by atoms with Crippen LogP contribution in [0.15, 0.2) is 24.4 Å². The van der Waals surface area contributed by atoms with E-state index < -0.39 is 0 Å². The minimum atomic E-state index is 0.0498. The van der Waals surface area contributed by atoms with Gasteiger partial charge in [-0.05, 0) is 43.5 Å². The molecule has 5 nitrogen and oxygen atoms in total. The average molecular weight is 272 g/mol. The SMILES string of the molecule is NCC1CCCCC1C(=O)Nc1ccc2[nH]ncc2c1. The minimum Gasteiger partial charge on any atom is -0.330 e. The first-order valence-corrected chi connectivity index (χ1v) is 7.22. The number of rotatable bonds is 3. The predicted molar refractivity (Wildman–Crippen MR) is 79.2 cm³/mol. The third kappa shape index (κ3) is 2.54. The van der Waals surface area contributed by atoms with Gasteiger partial charge in [0.15, 0.2) is 0 Å². The monoisotopic (exact) mass is 272 g/mol. The highest BCUT2D eigenvalue weighted by Gasteiger charge is 2.29. The van der Waals surface area contributed by atoms with Crippen molar-refractivity contribution >= 4 is 22.5 Å². The molecule has 0 saturated heterocycles. The summed E-state index contributed by atoms with van der Waals surface area (Å²) in [6.07, 6.45) is 6.08. The second-order valence-corrected chi connectivity index (χ2v) is 5.55. The first-order valence-electron chi connectivity index (χ1n) is 7.22. The van der Waals surface area contributed by atoms with Crippen LogP contribution in [0.4, 0.5) is 5.69 Å². The maximum absolute atomic E-state index is 12.4. The van der Waals surface area contributed by atoms with Crippen molar-refractivity contribution in [3.8, 4) is 0 Å². The number of fused-ring (bicyclic) bond motifs is 1. The molecule has 0 aliphatic heterocycles. The molecule has 20 heavy (non-hydrogen) atoms. The molecule has 2 unspecified atom stereocenters. The maximum atomic E-state index is 12.4. The molecular formula is C15H20N4O. The molecule has 1 aliphatic rings. The Bertz CT molecular complexity index is 607. The van der Waals surface area contributed by atoms with Gasteiger partial charge in [0.05, 0.1) is 11.7 Å². The number of nitrogens with one attached hydrogen (secondary N) is 2. The minimum absolute atomic E-state index is 0.0498. The molecule has 1 fully saturated rings. The van der Waals surface area contributed by atoms with Gasteiger partial charge in [0, 0.05) is 17.0 Å². The highest BCUT2D eigenvalue weighted by Crippen LogP contribution is 2.30. The van der Waals surface area contributed by atoms with Gasteiger partial charge in [0.1, 0.15) is 0 Å². The summed E-state index contributed by atoms with van der Waals surface area (Å²) in [5.41, 5.74) is 7.59. The highest BCUT2D eigenvalue weighted by molar-refractivity contribution is 5.95. The Kier molecular flexibility index (Phi) is 3.69. The van der Waals surface area contributed by atoms with Crippen molar-refractivity contribution in [3.63, 3.8) is 0 Å². The van der Waals surface area contributed by atoms with Crippen LogP contribution < -0.4 is 11.1 Å². The number of H-pyrrole nitrogens is 1. The van der Waals surface area contributed by atoms with Crippen molar-refractivity contribution in [1.82, 2.24) is 10.2 Å². The number of aromatic nitrogens is 2. The predicted octanol–water partition coefficient (Wildman–Crippen LogP) is 2.27. The molecule has 2 atom stereocenters. The molecule has 2 aromatic rings. The van der Waals surface area contributed by atoms with Gasteiger partial charge in [-0.25, -0.2) is 0 Å². The van der Waals surface area contributed by atoms with Crippen LogP contribution in [0, 0.1) is 11.8 Å². The molecule has 0 spiro atoms. The lowest BCUT2D eigenvalue weighted by atomic mass is 9.78. The Morgan fingerprint density at radius 3 is 3.10 bits per heavy atom. The Labute approximate surface area is 117 Å². The van der Waals surface area contributed by atoms with Crippen molar-refractivity contribution in [1.29, 1.82) is 0 Å².